The number of rotatable bonds is 8. The van der Waals surface area contributed by atoms with Gasteiger partial charge in [-0.2, -0.15) is 0 Å². The molecule has 1 amide bonds. The lowest BCUT2D eigenvalue weighted by Crippen LogP contribution is -2.35. The molecule has 0 saturated heterocycles. The number of pyridine rings is 1. The first-order valence-electron chi connectivity index (χ1n) is 9.57. The van der Waals surface area contributed by atoms with Gasteiger partial charge in [-0.25, -0.2) is 9.97 Å². The van der Waals surface area contributed by atoms with E-state index in [4.69, 9.17) is 25.5 Å². The van der Waals surface area contributed by atoms with Gasteiger partial charge in [-0.05, 0) is 43.9 Å². The standard InChI is InChI=1S/C21H22ClN3O4/c1-12(24-13(2)26)10-28-20-8-19-17(9-23-20)25-21(29-19)15-5-6-18(16(22)7-15)27-11-14-3-4-14/h5-9,12,14H,3-4,10-11H2,1-2H3,(H,24,26)/t12-/m0/s1. The fourth-order valence-corrected chi connectivity index (χ4v) is 3.09. The number of carbonyl (C=O) groups excluding carboxylic acids is 1. The minimum atomic E-state index is -0.127. The molecule has 1 aromatic carbocycles. The first kappa shape index (κ1) is 19.5. The number of aromatic nitrogens is 2. The fourth-order valence-electron chi connectivity index (χ4n) is 2.86. The van der Waals surface area contributed by atoms with Crippen LogP contribution >= 0.6 is 11.6 Å². The fraction of sp³-hybridized carbons (Fsp3) is 0.381. The Morgan fingerprint density at radius 2 is 2.17 bits per heavy atom. The van der Waals surface area contributed by atoms with Gasteiger partial charge < -0.3 is 19.2 Å². The molecule has 7 nitrogen and oxygen atoms in total. The molecule has 0 unspecified atom stereocenters. The van der Waals surface area contributed by atoms with Gasteiger partial charge in [0, 0.05) is 18.6 Å². The maximum absolute atomic E-state index is 11.1. The molecule has 3 aromatic rings. The number of ether oxygens (including phenoxy) is 2. The third kappa shape index (κ3) is 4.98. The van der Waals surface area contributed by atoms with Gasteiger partial charge in [0.05, 0.1) is 23.9 Å². The lowest BCUT2D eigenvalue weighted by atomic mass is 10.2. The van der Waals surface area contributed by atoms with Gasteiger partial charge in [0.1, 0.15) is 17.9 Å². The van der Waals surface area contributed by atoms with Crippen LogP contribution in [0.4, 0.5) is 0 Å². The Bertz CT molecular complexity index is 1030. The molecule has 2 aromatic heterocycles. The second-order valence-electron chi connectivity index (χ2n) is 7.32. The zero-order chi connectivity index (χ0) is 20.4. The van der Waals surface area contributed by atoms with Crippen LogP contribution in [0.15, 0.2) is 34.9 Å². The maximum Gasteiger partial charge on any atom is 0.227 e. The highest BCUT2D eigenvalue weighted by molar-refractivity contribution is 6.32. The van der Waals surface area contributed by atoms with Crippen molar-refractivity contribution in [2.24, 2.45) is 5.92 Å². The normalized spacial score (nSPS) is 14.6. The summed E-state index contributed by atoms with van der Waals surface area (Å²) in [6.07, 6.45) is 4.05. The molecule has 1 aliphatic rings. The van der Waals surface area contributed by atoms with Crippen molar-refractivity contribution in [2.45, 2.75) is 32.7 Å². The molecule has 1 saturated carbocycles. The number of amides is 1. The number of nitrogens with one attached hydrogen (secondary N) is 1. The topological polar surface area (TPSA) is 86.5 Å². The van der Waals surface area contributed by atoms with Gasteiger partial charge in [0.2, 0.25) is 17.7 Å². The van der Waals surface area contributed by atoms with E-state index in [1.165, 1.54) is 19.8 Å². The number of hydrogen-bond donors (Lipinski definition) is 1. The number of halogens is 1. The van der Waals surface area contributed by atoms with Crippen molar-refractivity contribution in [3.63, 3.8) is 0 Å². The van der Waals surface area contributed by atoms with Crippen LogP contribution in [0.2, 0.25) is 5.02 Å². The Labute approximate surface area is 173 Å². The molecule has 29 heavy (non-hydrogen) atoms. The van der Waals surface area contributed by atoms with Crippen LogP contribution in [0.5, 0.6) is 11.6 Å². The molecular weight excluding hydrogens is 394 g/mol. The highest BCUT2D eigenvalue weighted by Crippen LogP contribution is 2.34. The lowest BCUT2D eigenvalue weighted by Gasteiger charge is -2.12. The predicted octanol–water partition coefficient (Wildman–Crippen LogP) is 4.24. The number of carbonyl (C=O) groups is 1. The van der Waals surface area contributed by atoms with E-state index in [-0.39, 0.29) is 11.9 Å². The first-order chi connectivity index (χ1) is 14.0. The van der Waals surface area contributed by atoms with Gasteiger partial charge in [-0.3, -0.25) is 4.79 Å². The summed E-state index contributed by atoms with van der Waals surface area (Å²) in [7, 11) is 0. The average molecular weight is 416 g/mol. The van der Waals surface area contributed by atoms with E-state index in [0.717, 1.165) is 5.56 Å². The van der Waals surface area contributed by atoms with Crippen LogP contribution in [-0.2, 0) is 4.79 Å². The number of nitrogens with zero attached hydrogens (tertiary/aromatic N) is 2. The number of hydrogen-bond acceptors (Lipinski definition) is 6. The molecule has 1 aliphatic carbocycles. The Hall–Kier alpha value is -2.80. The van der Waals surface area contributed by atoms with Crippen LogP contribution in [-0.4, -0.2) is 35.1 Å². The number of benzene rings is 1. The molecule has 0 bridgehead atoms. The maximum atomic E-state index is 11.1. The quantitative estimate of drug-likeness (QED) is 0.592. The Balaban J connectivity index is 1.46. The summed E-state index contributed by atoms with van der Waals surface area (Å²) in [5.41, 5.74) is 1.93. The van der Waals surface area contributed by atoms with Crippen molar-refractivity contribution in [2.75, 3.05) is 13.2 Å². The summed E-state index contributed by atoms with van der Waals surface area (Å²) >= 11 is 6.36. The van der Waals surface area contributed by atoms with Crippen LogP contribution < -0.4 is 14.8 Å². The Morgan fingerprint density at radius 1 is 1.34 bits per heavy atom. The van der Waals surface area contributed by atoms with Crippen molar-refractivity contribution in [3.05, 3.63) is 35.5 Å². The first-order valence-corrected chi connectivity index (χ1v) is 9.95. The molecule has 0 radical (unpaired) electrons. The SMILES string of the molecule is CC(=O)N[C@@H](C)COc1cc2oc(-c3ccc(OCC4CC4)c(Cl)c3)nc2cn1. The van der Waals surface area contributed by atoms with Crippen LogP contribution in [0.25, 0.3) is 22.6 Å². The molecular formula is C21H22ClN3O4. The van der Waals surface area contributed by atoms with Crippen molar-refractivity contribution >= 4 is 28.6 Å². The summed E-state index contributed by atoms with van der Waals surface area (Å²) < 4.78 is 17.3. The van der Waals surface area contributed by atoms with E-state index in [1.807, 2.05) is 19.1 Å². The molecule has 0 aliphatic heterocycles. The summed E-state index contributed by atoms with van der Waals surface area (Å²) in [4.78, 5) is 19.8. The van der Waals surface area contributed by atoms with Gasteiger partial charge in [0.25, 0.3) is 0 Å². The van der Waals surface area contributed by atoms with Crippen LogP contribution in [0, 0.1) is 5.92 Å². The van der Waals surface area contributed by atoms with E-state index in [0.29, 0.717) is 52.8 Å². The zero-order valence-corrected chi connectivity index (χ0v) is 17.0. The Morgan fingerprint density at radius 3 is 2.90 bits per heavy atom. The predicted molar refractivity (Wildman–Crippen MR) is 109 cm³/mol. The largest absolute Gasteiger partial charge is 0.492 e. The summed E-state index contributed by atoms with van der Waals surface area (Å²) in [5, 5.41) is 3.28. The molecule has 0 spiro atoms. The monoisotopic (exact) mass is 415 g/mol. The molecule has 152 valence electrons. The van der Waals surface area contributed by atoms with E-state index in [1.54, 1.807) is 18.3 Å². The van der Waals surface area contributed by atoms with E-state index < -0.39 is 0 Å². The van der Waals surface area contributed by atoms with Crippen LogP contribution in [0.1, 0.15) is 26.7 Å². The number of fused-ring (bicyclic) bond motifs is 1. The van der Waals surface area contributed by atoms with Crippen molar-refractivity contribution in [1.82, 2.24) is 15.3 Å². The van der Waals surface area contributed by atoms with Gasteiger partial charge in [-0.1, -0.05) is 11.6 Å². The van der Waals surface area contributed by atoms with E-state index >= 15 is 0 Å². The van der Waals surface area contributed by atoms with Crippen molar-refractivity contribution < 1.29 is 18.7 Å². The Kier molecular flexibility index (Phi) is 5.58. The van der Waals surface area contributed by atoms with Crippen molar-refractivity contribution in [3.8, 4) is 23.1 Å². The summed E-state index contributed by atoms with van der Waals surface area (Å²) in [6.45, 7) is 4.33. The number of oxazole rings is 1. The highest BCUT2D eigenvalue weighted by Gasteiger charge is 2.22. The second-order valence-corrected chi connectivity index (χ2v) is 7.73. The smallest absolute Gasteiger partial charge is 0.227 e. The average Bonchev–Trinajstić information content (AvgIpc) is 3.41. The van der Waals surface area contributed by atoms with Gasteiger partial charge in [-0.15, -0.1) is 0 Å². The third-order valence-electron chi connectivity index (χ3n) is 4.53. The van der Waals surface area contributed by atoms with E-state index in [9.17, 15) is 4.79 Å². The lowest BCUT2D eigenvalue weighted by molar-refractivity contribution is -0.119. The third-order valence-corrected chi connectivity index (χ3v) is 4.83. The summed E-state index contributed by atoms with van der Waals surface area (Å²) in [5.74, 6) is 2.07. The van der Waals surface area contributed by atoms with E-state index in [2.05, 4.69) is 15.3 Å². The minimum Gasteiger partial charge on any atom is -0.492 e. The molecule has 2 heterocycles. The minimum absolute atomic E-state index is 0.105. The van der Waals surface area contributed by atoms with Gasteiger partial charge in [0.15, 0.2) is 5.58 Å². The highest BCUT2D eigenvalue weighted by atomic mass is 35.5. The molecule has 8 heteroatoms. The molecule has 1 N–H and O–H groups in total. The van der Waals surface area contributed by atoms with Crippen molar-refractivity contribution in [1.29, 1.82) is 0 Å². The zero-order valence-electron chi connectivity index (χ0n) is 16.3. The molecule has 1 atom stereocenters. The summed E-state index contributed by atoms with van der Waals surface area (Å²) in [6, 6.07) is 7.05. The molecule has 4 rings (SSSR count). The van der Waals surface area contributed by atoms with Gasteiger partial charge >= 0.3 is 0 Å². The second kappa shape index (κ2) is 8.29. The molecule has 1 fully saturated rings. The van der Waals surface area contributed by atoms with Crippen LogP contribution in [0.3, 0.4) is 0 Å².